The van der Waals surface area contributed by atoms with Crippen molar-refractivity contribution in [3.8, 4) is 11.5 Å². The SMILES string of the molecule is COc1ccc(NC(=O)c2cnc(N)c(Cl)c2)cc1OC. The quantitative estimate of drug-likeness (QED) is 0.906. The maximum absolute atomic E-state index is 12.1. The van der Waals surface area contributed by atoms with Crippen LogP contribution in [0.4, 0.5) is 11.5 Å². The molecular formula is C14H14ClN3O3. The van der Waals surface area contributed by atoms with E-state index in [1.165, 1.54) is 26.5 Å². The Balaban J connectivity index is 2.21. The van der Waals surface area contributed by atoms with Gasteiger partial charge in [0.05, 0.1) is 24.8 Å². The van der Waals surface area contributed by atoms with E-state index in [1.807, 2.05) is 0 Å². The lowest BCUT2D eigenvalue weighted by Crippen LogP contribution is -2.12. The standard InChI is InChI=1S/C14H14ClN3O3/c1-20-11-4-3-9(6-12(11)21-2)18-14(19)8-5-10(15)13(16)17-7-8/h3-7H,1-2H3,(H2,16,17)(H,18,19). The Kier molecular flexibility index (Phi) is 4.49. The molecule has 0 radical (unpaired) electrons. The van der Waals surface area contributed by atoms with Gasteiger partial charge in [-0.25, -0.2) is 4.98 Å². The summed E-state index contributed by atoms with van der Waals surface area (Å²) >= 11 is 5.84. The van der Waals surface area contributed by atoms with Crippen LogP contribution in [0.25, 0.3) is 0 Å². The molecule has 6 nitrogen and oxygen atoms in total. The molecule has 0 fully saturated rings. The van der Waals surface area contributed by atoms with E-state index in [-0.39, 0.29) is 16.7 Å². The van der Waals surface area contributed by atoms with Gasteiger partial charge in [-0.2, -0.15) is 0 Å². The molecule has 2 aromatic rings. The normalized spacial score (nSPS) is 10.0. The lowest BCUT2D eigenvalue weighted by Gasteiger charge is -2.10. The Bertz CT molecular complexity index is 677. The Hall–Kier alpha value is -2.47. The van der Waals surface area contributed by atoms with Crippen molar-refractivity contribution in [2.45, 2.75) is 0 Å². The maximum Gasteiger partial charge on any atom is 0.257 e. The van der Waals surface area contributed by atoms with Crippen LogP contribution in [0.5, 0.6) is 11.5 Å². The van der Waals surface area contributed by atoms with Crippen LogP contribution in [0.1, 0.15) is 10.4 Å². The Morgan fingerprint density at radius 2 is 1.95 bits per heavy atom. The van der Waals surface area contributed by atoms with Gasteiger partial charge in [0.15, 0.2) is 11.5 Å². The molecule has 1 aromatic heterocycles. The molecule has 2 rings (SSSR count). The summed E-state index contributed by atoms with van der Waals surface area (Å²) in [5.74, 6) is 0.924. The number of nitrogens with two attached hydrogens (primary N) is 1. The fourth-order valence-electron chi connectivity index (χ4n) is 1.69. The van der Waals surface area contributed by atoms with E-state index in [1.54, 1.807) is 18.2 Å². The van der Waals surface area contributed by atoms with E-state index in [0.29, 0.717) is 22.7 Å². The molecule has 21 heavy (non-hydrogen) atoms. The number of benzene rings is 1. The molecule has 0 saturated carbocycles. The number of carbonyl (C=O) groups excluding carboxylic acids is 1. The predicted octanol–water partition coefficient (Wildman–Crippen LogP) is 2.59. The highest BCUT2D eigenvalue weighted by atomic mass is 35.5. The van der Waals surface area contributed by atoms with Gasteiger partial charge in [-0.3, -0.25) is 4.79 Å². The molecule has 0 spiro atoms. The molecule has 0 atom stereocenters. The Labute approximate surface area is 126 Å². The number of nitrogens with zero attached hydrogens (tertiary/aromatic N) is 1. The summed E-state index contributed by atoms with van der Waals surface area (Å²) in [5, 5.41) is 2.95. The molecule has 110 valence electrons. The Morgan fingerprint density at radius 1 is 1.24 bits per heavy atom. The lowest BCUT2D eigenvalue weighted by molar-refractivity contribution is 0.102. The topological polar surface area (TPSA) is 86.5 Å². The molecule has 1 heterocycles. The fourth-order valence-corrected chi connectivity index (χ4v) is 1.86. The number of halogens is 1. The van der Waals surface area contributed by atoms with Crippen molar-refractivity contribution < 1.29 is 14.3 Å². The minimum atomic E-state index is -0.350. The summed E-state index contributed by atoms with van der Waals surface area (Å²) in [6.45, 7) is 0. The van der Waals surface area contributed by atoms with Crippen molar-refractivity contribution in [3.63, 3.8) is 0 Å². The van der Waals surface area contributed by atoms with Crippen molar-refractivity contribution in [1.82, 2.24) is 4.98 Å². The fraction of sp³-hybridized carbons (Fsp3) is 0.143. The summed E-state index contributed by atoms with van der Waals surface area (Å²) in [6.07, 6.45) is 1.36. The summed E-state index contributed by atoms with van der Waals surface area (Å²) < 4.78 is 10.3. The van der Waals surface area contributed by atoms with Gasteiger partial charge in [0.2, 0.25) is 0 Å². The average molecular weight is 308 g/mol. The number of carbonyl (C=O) groups is 1. The number of nitrogen functional groups attached to an aromatic ring is 1. The van der Waals surface area contributed by atoms with Crippen LogP contribution in [0.2, 0.25) is 5.02 Å². The second-order valence-corrected chi connectivity index (χ2v) is 4.52. The highest BCUT2D eigenvalue weighted by Gasteiger charge is 2.11. The number of amides is 1. The number of nitrogens with one attached hydrogen (secondary N) is 1. The first kappa shape index (κ1) is 14.9. The minimum absolute atomic E-state index is 0.180. The second-order valence-electron chi connectivity index (χ2n) is 4.11. The van der Waals surface area contributed by atoms with Gasteiger partial charge < -0.3 is 20.5 Å². The number of ether oxygens (including phenoxy) is 2. The van der Waals surface area contributed by atoms with Gasteiger partial charge in [0, 0.05) is 18.0 Å². The van der Waals surface area contributed by atoms with Crippen LogP contribution in [0, 0.1) is 0 Å². The number of pyridine rings is 1. The van der Waals surface area contributed by atoms with E-state index in [0.717, 1.165) is 0 Å². The summed E-state index contributed by atoms with van der Waals surface area (Å²) in [7, 11) is 3.06. The Morgan fingerprint density at radius 3 is 2.57 bits per heavy atom. The summed E-state index contributed by atoms with van der Waals surface area (Å²) in [6, 6.07) is 6.51. The van der Waals surface area contributed by atoms with Crippen LogP contribution < -0.4 is 20.5 Å². The zero-order valence-electron chi connectivity index (χ0n) is 11.5. The smallest absolute Gasteiger partial charge is 0.257 e. The highest BCUT2D eigenvalue weighted by molar-refractivity contribution is 6.33. The number of hydrogen-bond acceptors (Lipinski definition) is 5. The van der Waals surface area contributed by atoms with Crippen molar-refractivity contribution in [3.05, 3.63) is 41.0 Å². The number of methoxy groups -OCH3 is 2. The molecule has 0 aliphatic rings. The third kappa shape index (κ3) is 3.35. The second kappa shape index (κ2) is 6.32. The van der Waals surface area contributed by atoms with Crippen LogP contribution in [-0.4, -0.2) is 25.1 Å². The molecule has 1 aromatic carbocycles. The first-order valence-corrected chi connectivity index (χ1v) is 6.37. The summed E-state index contributed by atoms with van der Waals surface area (Å²) in [4.78, 5) is 16.0. The van der Waals surface area contributed by atoms with Crippen LogP contribution >= 0.6 is 11.6 Å². The number of aromatic nitrogens is 1. The van der Waals surface area contributed by atoms with Crippen LogP contribution in [0.3, 0.4) is 0 Å². The van der Waals surface area contributed by atoms with Gasteiger partial charge in [0.25, 0.3) is 5.91 Å². The van der Waals surface area contributed by atoms with Crippen LogP contribution in [0.15, 0.2) is 30.5 Å². The third-order valence-electron chi connectivity index (χ3n) is 2.77. The largest absolute Gasteiger partial charge is 0.493 e. The number of anilines is 2. The minimum Gasteiger partial charge on any atom is -0.493 e. The van der Waals surface area contributed by atoms with Gasteiger partial charge in [-0.05, 0) is 18.2 Å². The molecule has 7 heteroatoms. The van der Waals surface area contributed by atoms with Gasteiger partial charge in [0.1, 0.15) is 5.82 Å². The van der Waals surface area contributed by atoms with Gasteiger partial charge in [-0.15, -0.1) is 0 Å². The van der Waals surface area contributed by atoms with Gasteiger partial charge >= 0.3 is 0 Å². The molecule has 0 aliphatic carbocycles. The molecule has 0 aliphatic heterocycles. The molecule has 0 unspecified atom stereocenters. The van der Waals surface area contributed by atoms with E-state index in [9.17, 15) is 4.79 Å². The van der Waals surface area contributed by atoms with E-state index in [4.69, 9.17) is 26.8 Å². The molecular weight excluding hydrogens is 294 g/mol. The van der Waals surface area contributed by atoms with E-state index < -0.39 is 0 Å². The van der Waals surface area contributed by atoms with Crippen molar-refractivity contribution in [2.75, 3.05) is 25.3 Å². The summed E-state index contributed by atoms with van der Waals surface area (Å²) in [5.41, 5.74) is 6.38. The number of hydrogen-bond donors (Lipinski definition) is 2. The van der Waals surface area contributed by atoms with Crippen molar-refractivity contribution in [1.29, 1.82) is 0 Å². The number of rotatable bonds is 4. The van der Waals surface area contributed by atoms with Crippen molar-refractivity contribution in [2.24, 2.45) is 0 Å². The molecule has 3 N–H and O–H groups in total. The molecule has 1 amide bonds. The highest BCUT2D eigenvalue weighted by Crippen LogP contribution is 2.30. The predicted molar refractivity (Wildman–Crippen MR) is 81.2 cm³/mol. The maximum atomic E-state index is 12.1. The lowest BCUT2D eigenvalue weighted by atomic mass is 10.2. The first-order valence-electron chi connectivity index (χ1n) is 5.99. The molecule has 0 saturated heterocycles. The third-order valence-corrected chi connectivity index (χ3v) is 3.08. The zero-order chi connectivity index (χ0) is 15.4. The van der Waals surface area contributed by atoms with Crippen molar-refractivity contribution >= 4 is 29.0 Å². The zero-order valence-corrected chi connectivity index (χ0v) is 12.3. The van der Waals surface area contributed by atoms with Gasteiger partial charge in [-0.1, -0.05) is 11.6 Å². The first-order chi connectivity index (χ1) is 10.0. The monoisotopic (exact) mass is 307 g/mol. The van der Waals surface area contributed by atoms with Crippen LogP contribution in [-0.2, 0) is 0 Å². The van der Waals surface area contributed by atoms with E-state index in [2.05, 4.69) is 10.3 Å². The molecule has 0 bridgehead atoms. The van der Waals surface area contributed by atoms with E-state index >= 15 is 0 Å². The average Bonchev–Trinajstić information content (AvgIpc) is 2.49.